The molecule has 0 bridgehead atoms. The van der Waals surface area contributed by atoms with Gasteiger partial charge in [0.05, 0.1) is 5.41 Å². The number of aliphatic carboxylic acids is 1. The number of aryl methyl sites for hydroxylation is 1. The fraction of sp³-hybridized carbons (Fsp3) is 0.567. The van der Waals surface area contributed by atoms with E-state index in [0.29, 0.717) is 24.9 Å². The molecule has 14 nitrogen and oxygen atoms in total. The average molecular weight is 621 g/mol. The first-order valence-electron chi connectivity index (χ1n) is 14.4. The van der Waals surface area contributed by atoms with E-state index >= 15 is 0 Å². The molecular formula is C30H40N2O12. The number of imide groups is 1. The number of carbonyl (C=O) groups is 5. The zero-order valence-corrected chi connectivity index (χ0v) is 24.9. The number of hydrogen-bond acceptors (Lipinski definition) is 11. The van der Waals surface area contributed by atoms with E-state index in [-0.39, 0.29) is 31.2 Å². The molecule has 44 heavy (non-hydrogen) atoms. The quantitative estimate of drug-likeness (QED) is 0.107. The summed E-state index contributed by atoms with van der Waals surface area (Å²) in [5.74, 6) is -3.00. The van der Waals surface area contributed by atoms with Gasteiger partial charge < -0.3 is 40.0 Å². The molecule has 242 valence electrons. The number of ether oxygens (including phenoxy) is 3. The lowest BCUT2D eigenvalue weighted by atomic mass is 9.97. The number of unbranched alkanes of at least 4 members (excludes halogenated alkanes) is 2. The number of carboxylic acids is 1. The molecule has 2 aliphatic heterocycles. The Labute approximate surface area is 254 Å². The molecule has 0 aromatic heterocycles. The molecule has 5 N–H and O–H groups in total. The van der Waals surface area contributed by atoms with Crippen molar-refractivity contribution < 1.29 is 58.6 Å². The van der Waals surface area contributed by atoms with E-state index in [2.05, 4.69) is 5.32 Å². The molecule has 0 saturated carbocycles. The second kappa shape index (κ2) is 15.2. The van der Waals surface area contributed by atoms with Crippen LogP contribution in [0.15, 0.2) is 30.4 Å². The summed E-state index contributed by atoms with van der Waals surface area (Å²) in [7, 11) is 0. The Morgan fingerprint density at radius 3 is 2.30 bits per heavy atom. The van der Waals surface area contributed by atoms with Gasteiger partial charge in [0, 0.05) is 37.2 Å². The van der Waals surface area contributed by atoms with Crippen LogP contribution in [0, 0.1) is 5.41 Å². The minimum atomic E-state index is -1.87. The number of esters is 1. The molecule has 0 aliphatic carbocycles. The first-order chi connectivity index (χ1) is 20.7. The van der Waals surface area contributed by atoms with Gasteiger partial charge in [-0.2, -0.15) is 0 Å². The third-order valence-electron chi connectivity index (χ3n) is 7.09. The molecule has 2 aliphatic rings. The number of nitrogens with one attached hydrogen (secondary N) is 1. The highest BCUT2D eigenvalue weighted by Crippen LogP contribution is 2.29. The van der Waals surface area contributed by atoms with Gasteiger partial charge in [-0.1, -0.05) is 18.6 Å². The summed E-state index contributed by atoms with van der Waals surface area (Å²) >= 11 is 0. The number of aliphatic hydroxyl groups is 3. The SMILES string of the molecule is CC(C)(C)C(=O)OCc1ccc(CCCCCNC(=O)CCN2C(=O)C=CC2=O)cc1O[C@@H]1O[C@H](C(=O)O)[C@@H](O)[C@H](O)[C@H]1O. The van der Waals surface area contributed by atoms with Crippen LogP contribution in [-0.2, 0) is 46.5 Å². The summed E-state index contributed by atoms with van der Waals surface area (Å²) in [5, 5.41) is 42.7. The van der Waals surface area contributed by atoms with E-state index < -0.39 is 59.9 Å². The smallest absolute Gasteiger partial charge is 0.335 e. The second-order valence-electron chi connectivity index (χ2n) is 11.7. The highest BCUT2D eigenvalue weighted by Gasteiger charge is 2.48. The molecule has 1 aromatic carbocycles. The first-order valence-corrected chi connectivity index (χ1v) is 14.4. The number of aliphatic hydroxyl groups excluding tert-OH is 3. The Hall–Kier alpha value is -3.85. The Balaban J connectivity index is 1.56. The van der Waals surface area contributed by atoms with Crippen LogP contribution >= 0.6 is 0 Å². The number of carboxylic acid groups (broad SMARTS) is 1. The van der Waals surface area contributed by atoms with E-state index in [0.717, 1.165) is 23.3 Å². The lowest BCUT2D eigenvalue weighted by Crippen LogP contribution is -2.61. The minimum Gasteiger partial charge on any atom is -0.479 e. The predicted octanol–water partition coefficient (Wildman–Crippen LogP) is 0.191. The fourth-order valence-electron chi connectivity index (χ4n) is 4.43. The summed E-state index contributed by atoms with van der Waals surface area (Å²) in [6.07, 6.45) is -3.86. The molecule has 3 rings (SSSR count). The highest BCUT2D eigenvalue weighted by atomic mass is 16.7. The summed E-state index contributed by atoms with van der Waals surface area (Å²) < 4.78 is 16.5. The number of rotatable bonds is 14. The molecule has 0 radical (unpaired) electrons. The van der Waals surface area contributed by atoms with Crippen molar-refractivity contribution in [2.75, 3.05) is 13.1 Å². The maximum absolute atomic E-state index is 12.3. The maximum atomic E-state index is 12.3. The van der Waals surface area contributed by atoms with E-state index in [1.165, 1.54) is 12.2 Å². The molecule has 2 heterocycles. The molecular weight excluding hydrogens is 580 g/mol. The van der Waals surface area contributed by atoms with Crippen molar-refractivity contribution in [1.29, 1.82) is 0 Å². The Kier molecular flexibility index (Phi) is 12.0. The molecule has 0 spiro atoms. The van der Waals surface area contributed by atoms with Gasteiger partial charge >= 0.3 is 11.9 Å². The number of nitrogens with zero attached hydrogens (tertiary/aromatic N) is 1. The topological polar surface area (TPSA) is 209 Å². The number of hydrogen-bond donors (Lipinski definition) is 5. The van der Waals surface area contributed by atoms with Crippen molar-refractivity contribution in [2.24, 2.45) is 5.41 Å². The van der Waals surface area contributed by atoms with Gasteiger partial charge in [0.25, 0.3) is 11.8 Å². The maximum Gasteiger partial charge on any atom is 0.335 e. The fourth-order valence-corrected chi connectivity index (χ4v) is 4.43. The Morgan fingerprint density at radius 1 is 0.977 bits per heavy atom. The zero-order chi connectivity index (χ0) is 32.6. The number of benzene rings is 1. The van der Waals surface area contributed by atoms with Gasteiger partial charge in [0.1, 0.15) is 30.7 Å². The summed E-state index contributed by atoms with van der Waals surface area (Å²) in [6.45, 7) is 5.35. The molecule has 1 fully saturated rings. The summed E-state index contributed by atoms with van der Waals surface area (Å²) in [6, 6.07) is 5.12. The third-order valence-corrected chi connectivity index (χ3v) is 7.09. The van der Waals surface area contributed by atoms with Crippen molar-refractivity contribution in [3.8, 4) is 5.75 Å². The van der Waals surface area contributed by atoms with E-state index in [4.69, 9.17) is 14.2 Å². The highest BCUT2D eigenvalue weighted by molar-refractivity contribution is 6.13. The van der Waals surface area contributed by atoms with Gasteiger partial charge in [0.2, 0.25) is 12.2 Å². The van der Waals surface area contributed by atoms with E-state index in [9.17, 15) is 44.4 Å². The number of carbonyl (C=O) groups excluding carboxylic acids is 4. The zero-order valence-electron chi connectivity index (χ0n) is 24.9. The van der Waals surface area contributed by atoms with Crippen molar-refractivity contribution in [3.05, 3.63) is 41.5 Å². The second-order valence-corrected chi connectivity index (χ2v) is 11.7. The Bertz CT molecular complexity index is 1240. The van der Waals surface area contributed by atoms with Crippen molar-refractivity contribution in [3.63, 3.8) is 0 Å². The lowest BCUT2D eigenvalue weighted by Gasteiger charge is -2.38. The summed E-state index contributed by atoms with van der Waals surface area (Å²) in [4.78, 5) is 60.0. The van der Waals surface area contributed by atoms with Gasteiger partial charge in [-0.3, -0.25) is 24.1 Å². The molecule has 1 aromatic rings. The predicted molar refractivity (Wildman–Crippen MR) is 152 cm³/mol. The molecule has 1 saturated heterocycles. The normalized spacial score (nSPS) is 23.5. The van der Waals surface area contributed by atoms with Crippen LogP contribution in [0.2, 0.25) is 0 Å². The van der Waals surface area contributed by atoms with Crippen molar-refractivity contribution in [2.45, 2.75) is 90.2 Å². The minimum absolute atomic E-state index is 0.0158. The monoisotopic (exact) mass is 620 g/mol. The van der Waals surface area contributed by atoms with Crippen LogP contribution in [0.5, 0.6) is 5.75 Å². The molecule has 5 atom stereocenters. The third kappa shape index (κ3) is 9.32. The van der Waals surface area contributed by atoms with Gasteiger partial charge in [-0.05, 0) is 51.7 Å². The first kappa shape index (κ1) is 34.6. The molecule has 14 heteroatoms. The summed E-state index contributed by atoms with van der Waals surface area (Å²) in [5.41, 5.74) is 0.455. The van der Waals surface area contributed by atoms with Crippen LogP contribution < -0.4 is 10.1 Å². The van der Waals surface area contributed by atoms with Crippen LogP contribution in [0.3, 0.4) is 0 Å². The van der Waals surface area contributed by atoms with Gasteiger partial charge in [0.15, 0.2) is 6.10 Å². The van der Waals surface area contributed by atoms with Crippen molar-refractivity contribution in [1.82, 2.24) is 10.2 Å². The van der Waals surface area contributed by atoms with Crippen LogP contribution in [0.4, 0.5) is 0 Å². The lowest BCUT2D eigenvalue weighted by molar-refractivity contribution is -0.271. The van der Waals surface area contributed by atoms with Crippen LogP contribution in [0.1, 0.15) is 57.6 Å². The Morgan fingerprint density at radius 2 is 1.66 bits per heavy atom. The van der Waals surface area contributed by atoms with Crippen LogP contribution in [0.25, 0.3) is 0 Å². The van der Waals surface area contributed by atoms with Gasteiger partial charge in [-0.15, -0.1) is 0 Å². The average Bonchev–Trinajstić information content (AvgIpc) is 3.28. The van der Waals surface area contributed by atoms with Crippen LogP contribution in [-0.4, -0.2) is 98.8 Å². The van der Waals surface area contributed by atoms with Gasteiger partial charge in [-0.25, -0.2) is 4.79 Å². The number of amides is 3. The van der Waals surface area contributed by atoms with E-state index in [1.807, 2.05) is 6.07 Å². The molecule has 0 unspecified atom stereocenters. The van der Waals surface area contributed by atoms with Crippen molar-refractivity contribution >= 4 is 29.7 Å². The standard InChI is InChI=1S/C30H40N2O12/c1-30(2,3)29(41)42-16-18-9-8-17(15-19(18)43-28-25(38)23(36)24(37)26(44-28)27(39)40)7-5-4-6-13-31-20(33)12-14-32-21(34)10-11-22(32)35/h8-11,15,23-26,28,36-38H,4-7,12-14,16H2,1-3H3,(H,31,33)(H,39,40)/t23-,24-,25+,26-,28+/m0/s1. The molecule has 3 amide bonds. The van der Waals surface area contributed by atoms with E-state index in [1.54, 1.807) is 32.9 Å². The largest absolute Gasteiger partial charge is 0.479 e.